The first kappa shape index (κ1) is 15.7. The fourth-order valence-electron chi connectivity index (χ4n) is 2.93. The number of aromatic nitrogens is 2. The first-order valence-electron chi connectivity index (χ1n) is 7.61. The Morgan fingerprint density at radius 1 is 1.08 bits per heavy atom. The maximum atomic E-state index is 12.9. The number of hydrogen-bond donors (Lipinski definition) is 1. The number of nitro groups is 1. The highest BCUT2D eigenvalue weighted by molar-refractivity contribution is 5.38. The Morgan fingerprint density at radius 3 is 2.25 bits per heavy atom. The average molecular weight is 323 g/mol. The summed E-state index contributed by atoms with van der Waals surface area (Å²) in [4.78, 5) is 23.7. The summed E-state index contributed by atoms with van der Waals surface area (Å²) in [5, 5.41) is 14.2. The molecule has 0 amide bonds. The van der Waals surface area contributed by atoms with E-state index in [4.69, 9.17) is 0 Å². The quantitative estimate of drug-likeness (QED) is 0.579. The molecular weight excluding hydrogens is 306 g/mol. The predicted octanol–water partition coefficient (Wildman–Crippen LogP) is 2.88. The minimum absolute atomic E-state index is 0.255. The van der Waals surface area contributed by atoms with Crippen LogP contribution in [-0.4, -0.2) is 21.2 Å². The topological polar surface area (TPSA) is 80.9 Å². The fourth-order valence-corrected chi connectivity index (χ4v) is 2.93. The van der Waals surface area contributed by atoms with Crippen LogP contribution < -0.4 is 5.56 Å². The fraction of sp³-hybridized carbons (Fsp3) is 0.167. The number of nitrogens with one attached hydrogen (secondary N) is 1. The van der Waals surface area contributed by atoms with E-state index in [1.807, 2.05) is 60.7 Å². The zero-order valence-corrected chi connectivity index (χ0v) is 13.2. The van der Waals surface area contributed by atoms with Crippen LogP contribution in [0.5, 0.6) is 0 Å². The van der Waals surface area contributed by atoms with Gasteiger partial charge in [0, 0.05) is 10.6 Å². The molecule has 0 aliphatic rings. The van der Waals surface area contributed by atoms with Gasteiger partial charge in [-0.15, -0.1) is 0 Å². The van der Waals surface area contributed by atoms with Crippen molar-refractivity contribution in [2.45, 2.75) is 12.8 Å². The lowest BCUT2D eigenvalue weighted by Crippen LogP contribution is -2.23. The van der Waals surface area contributed by atoms with Crippen molar-refractivity contribution in [3.05, 3.63) is 98.0 Å². The number of aromatic amines is 1. The zero-order valence-electron chi connectivity index (χ0n) is 13.2. The van der Waals surface area contributed by atoms with Gasteiger partial charge in [-0.3, -0.25) is 20.0 Å². The summed E-state index contributed by atoms with van der Waals surface area (Å²) in [6.45, 7) is 1.44. The largest absolute Gasteiger partial charge is 0.295 e. The van der Waals surface area contributed by atoms with Gasteiger partial charge in [0.25, 0.3) is 5.56 Å². The Kier molecular flexibility index (Phi) is 4.29. The van der Waals surface area contributed by atoms with Gasteiger partial charge in [-0.2, -0.15) is 0 Å². The third-order valence-electron chi connectivity index (χ3n) is 4.01. The van der Waals surface area contributed by atoms with E-state index in [0.29, 0.717) is 16.9 Å². The molecule has 0 fully saturated rings. The molecule has 3 rings (SSSR count). The molecule has 24 heavy (non-hydrogen) atoms. The summed E-state index contributed by atoms with van der Waals surface area (Å²) in [5.41, 5.74) is 2.27. The minimum Gasteiger partial charge on any atom is -0.295 e. The summed E-state index contributed by atoms with van der Waals surface area (Å²) in [6, 6.07) is 18.3. The molecule has 0 aliphatic heterocycles. The normalized spacial score (nSPS) is 12.0. The average Bonchev–Trinajstić information content (AvgIpc) is 2.89. The lowest BCUT2D eigenvalue weighted by molar-refractivity contribution is -0.481. The van der Waals surface area contributed by atoms with E-state index >= 15 is 0 Å². The second-order valence-corrected chi connectivity index (χ2v) is 5.61. The van der Waals surface area contributed by atoms with E-state index in [1.54, 1.807) is 6.92 Å². The van der Waals surface area contributed by atoms with E-state index < -0.39 is 5.92 Å². The Balaban J connectivity index is 2.14. The van der Waals surface area contributed by atoms with Crippen molar-refractivity contribution in [1.29, 1.82) is 0 Å². The van der Waals surface area contributed by atoms with Gasteiger partial charge in [0.05, 0.1) is 17.2 Å². The van der Waals surface area contributed by atoms with Crippen molar-refractivity contribution in [2.75, 3.05) is 6.54 Å². The lowest BCUT2D eigenvalue weighted by atomic mass is 9.91. The van der Waals surface area contributed by atoms with Crippen LogP contribution in [0.3, 0.4) is 0 Å². The number of hydrogen-bond acceptors (Lipinski definition) is 3. The van der Waals surface area contributed by atoms with Gasteiger partial charge in [-0.05, 0) is 24.6 Å². The molecule has 1 atom stereocenters. The molecule has 122 valence electrons. The van der Waals surface area contributed by atoms with Crippen LogP contribution in [0.4, 0.5) is 0 Å². The van der Waals surface area contributed by atoms with Crippen LogP contribution in [0.15, 0.2) is 65.5 Å². The van der Waals surface area contributed by atoms with Gasteiger partial charge < -0.3 is 0 Å². The van der Waals surface area contributed by atoms with Crippen LogP contribution in [-0.2, 0) is 0 Å². The van der Waals surface area contributed by atoms with Crippen molar-refractivity contribution < 1.29 is 4.92 Å². The molecule has 1 N–H and O–H groups in total. The molecule has 1 heterocycles. The van der Waals surface area contributed by atoms with Gasteiger partial charge in [0.15, 0.2) is 0 Å². The van der Waals surface area contributed by atoms with Crippen molar-refractivity contribution >= 4 is 0 Å². The Morgan fingerprint density at radius 2 is 1.67 bits per heavy atom. The molecule has 6 heteroatoms. The number of nitrogens with zero attached hydrogens (tertiary/aromatic N) is 2. The number of H-pyrrole nitrogens is 1. The Hall–Kier alpha value is -3.15. The molecule has 0 spiro atoms. The van der Waals surface area contributed by atoms with E-state index in [1.165, 1.54) is 4.68 Å². The molecule has 0 bridgehead atoms. The molecule has 3 aromatic rings. The summed E-state index contributed by atoms with van der Waals surface area (Å²) in [6.07, 6.45) is 0. The van der Waals surface area contributed by atoms with Crippen molar-refractivity contribution in [3.63, 3.8) is 0 Å². The third kappa shape index (κ3) is 2.99. The first-order chi connectivity index (χ1) is 11.6. The summed E-state index contributed by atoms with van der Waals surface area (Å²) in [5.74, 6) is -0.588. The highest BCUT2D eigenvalue weighted by atomic mass is 16.6. The monoisotopic (exact) mass is 323 g/mol. The van der Waals surface area contributed by atoms with Crippen LogP contribution in [0.2, 0.25) is 0 Å². The summed E-state index contributed by atoms with van der Waals surface area (Å²) in [7, 11) is 0. The van der Waals surface area contributed by atoms with Gasteiger partial charge in [-0.1, -0.05) is 48.5 Å². The number of benzene rings is 2. The summed E-state index contributed by atoms with van der Waals surface area (Å²) >= 11 is 0. The molecule has 0 radical (unpaired) electrons. The van der Waals surface area contributed by atoms with E-state index in [-0.39, 0.29) is 17.0 Å². The lowest BCUT2D eigenvalue weighted by Gasteiger charge is -2.11. The highest BCUT2D eigenvalue weighted by Crippen LogP contribution is 2.25. The van der Waals surface area contributed by atoms with Gasteiger partial charge in [0.1, 0.15) is 0 Å². The molecule has 0 saturated carbocycles. The second-order valence-electron chi connectivity index (χ2n) is 5.61. The van der Waals surface area contributed by atoms with E-state index in [0.717, 1.165) is 5.56 Å². The van der Waals surface area contributed by atoms with Crippen molar-refractivity contribution in [1.82, 2.24) is 9.78 Å². The van der Waals surface area contributed by atoms with E-state index in [2.05, 4.69) is 5.10 Å². The van der Waals surface area contributed by atoms with E-state index in [9.17, 15) is 14.9 Å². The molecule has 0 aliphatic carbocycles. The maximum Gasteiger partial charge on any atom is 0.275 e. The zero-order chi connectivity index (χ0) is 17.1. The smallest absolute Gasteiger partial charge is 0.275 e. The van der Waals surface area contributed by atoms with Crippen LogP contribution in [0, 0.1) is 17.0 Å². The van der Waals surface area contributed by atoms with Crippen LogP contribution >= 0.6 is 0 Å². The van der Waals surface area contributed by atoms with Gasteiger partial charge >= 0.3 is 0 Å². The molecular formula is C18H17N3O3. The Labute approximate surface area is 138 Å². The first-order valence-corrected chi connectivity index (χ1v) is 7.61. The number of rotatable bonds is 5. The molecule has 0 saturated heterocycles. The van der Waals surface area contributed by atoms with Gasteiger partial charge in [-0.25, -0.2) is 4.68 Å². The van der Waals surface area contributed by atoms with Crippen molar-refractivity contribution in [3.8, 4) is 5.69 Å². The van der Waals surface area contributed by atoms with Crippen molar-refractivity contribution in [2.24, 2.45) is 0 Å². The maximum absolute atomic E-state index is 12.9. The van der Waals surface area contributed by atoms with Crippen LogP contribution in [0.1, 0.15) is 22.7 Å². The number of aryl methyl sites for hydroxylation is 1. The SMILES string of the molecule is Cc1[nH]n(-c2ccccc2)c(=O)c1[C@@H](C[N+](=O)[O-])c1ccccc1. The summed E-state index contributed by atoms with van der Waals surface area (Å²) < 4.78 is 1.43. The predicted molar refractivity (Wildman–Crippen MR) is 91.3 cm³/mol. The molecule has 6 nitrogen and oxygen atoms in total. The second kappa shape index (κ2) is 6.54. The molecule has 0 unspecified atom stereocenters. The van der Waals surface area contributed by atoms with Gasteiger partial charge in [0.2, 0.25) is 6.54 Å². The van der Waals surface area contributed by atoms with Crippen LogP contribution in [0.25, 0.3) is 5.69 Å². The minimum atomic E-state index is -0.588. The molecule has 1 aromatic heterocycles. The Bertz CT molecular complexity index is 898. The standard InChI is InChI=1S/C18H17N3O3/c1-13-17(16(12-20(23)24)14-8-4-2-5-9-14)18(22)21(19-13)15-10-6-3-7-11-15/h2-11,16,19H,12H2,1H3/t16-/m0/s1. The number of para-hydroxylation sites is 1. The highest BCUT2D eigenvalue weighted by Gasteiger charge is 2.27. The molecule has 2 aromatic carbocycles. The third-order valence-corrected chi connectivity index (χ3v) is 4.01.